The Kier molecular flexibility index (Phi) is 4.65. The minimum absolute atomic E-state index is 0.208. The Bertz CT molecular complexity index is 480. The zero-order chi connectivity index (χ0) is 12.9. The lowest BCUT2D eigenvalue weighted by molar-refractivity contribution is 0.592. The predicted octanol–water partition coefficient (Wildman–Crippen LogP) is 0.996. The number of rotatable bonds is 5. The quantitative estimate of drug-likeness (QED) is 0.608. The fourth-order valence-corrected chi connectivity index (χ4v) is 1.92. The van der Waals surface area contributed by atoms with Crippen LogP contribution in [0.2, 0.25) is 0 Å². The molecule has 5 nitrogen and oxygen atoms in total. The maximum Gasteiger partial charge on any atom is 0.262 e. The van der Waals surface area contributed by atoms with Crippen molar-refractivity contribution in [3.8, 4) is 0 Å². The minimum atomic E-state index is -3.54. The van der Waals surface area contributed by atoms with Gasteiger partial charge >= 0.3 is 0 Å². The molecule has 0 aliphatic heterocycles. The van der Waals surface area contributed by atoms with Crippen molar-refractivity contribution in [1.29, 1.82) is 0 Å². The summed E-state index contributed by atoms with van der Waals surface area (Å²) >= 11 is 0. The minimum Gasteiger partial charge on any atom is -0.310 e. The van der Waals surface area contributed by atoms with Crippen molar-refractivity contribution >= 4 is 16.4 Å². The zero-order valence-electron chi connectivity index (χ0n) is 9.92. The van der Waals surface area contributed by atoms with Crippen LogP contribution in [0.5, 0.6) is 0 Å². The summed E-state index contributed by atoms with van der Waals surface area (Å²) in [6.07, 6.45) is 1.40. The first-order valence-electron chi connectivity index (χ1n) is 5.32. The number of aliphatic imine (C=N–C) groups is 1. The number of hydrogen-bond acceptors (Lipinski definition) is 4. The molecule has 1 rings (SSSR count). The van der Waals surface area contributed by atoms with E-state index in [1.165, 1.54) is 0 Å². The van der Waals surface area contributed by atoms with E-state index < -0.39 is 10.0 Å². The fraction of sp³-hybridized carbons (Fsp3) is 0.364. The second-order valence-electron chi connectivity index (χ2n) is 3.69. The van der Waals surface area contributed by atoms with Crippen LogP contribution in [-0.4, -0.2) is 20.9 Å². The molecule has 0 bridgehead atoms. The Labute approximate surface area is 102 Å². The summed E-state index contributed by atoms with van der Waals surface area (Å²) in [4.78, 5) is 4.04. The number of hydrogen-bond donors (Lipinski definition) is 2. The van der Waals surface area contributed by atoms with E-state index in [4.69, 9.17) is 5.73 Å². The summed E-state index contributed by atoms with van der Waals surface area (Å²) < 4.78 is 25.8. The van der Waals surface area contributed by atoms with Gasteiger partial charge in [0.1, 0.15) is 0 Å². The Morgan fingerprint density at radius 2 is 2.00 bits per heavy atom. The van der Waals surface area contributed by atoms with Gasteiger partial charge in [-0.25, -0.2) is 8.42 Å². The molecule has 0 aliphatic carbocycles. The molecule has 1 atom stereocenters. The van der Waals surface area contributed by atoms with Crippen LogP contribution in [0.4, 0.5) is 0 Å². The molecule has 0 saturated heterocycles. The van der Waals surface area contributed by atoms with Crippen molar-refractivity contribution in [2.75, 3.05) is 0 Å². The van der Waals surface area contributed by atoms with Gasteiger partial charge in [-0.15, -0.1) is 0 Å². The molecule has 0 aromatic heterocycles. The van der Waals surface area contributed by atoms with E-state index >= 15 is 0 Å². The second-order valence-corrected chi connectivity index (χ2v) is 5.40. The highest BCUT2D eigenvalue weighted by atomic mass is 32.2. The molecule has 1 aromatic carbocycles. The van der Waals surface area contributed by atoms with Crippen LogP contribution in [0.3, 0.4) is 0 Å². The van der Waals surface area contributed by atoms with Gasteiger partial charge in [0.15, 0.2) is 0 Å². The lowest BCUT2D eigenvalue weighted by atomic mass is 10.2. The van der Waals surface area contributed by atoms with Gasteiger partial charge in [0, 0.05) is 0 Å². The first-order valence-corrected chi connectivity index (χ1v) is 6.80. The molecular weight excluding hydrogens is 238 g/mol. The maximum absolute atomic E-state index is 11.8. The molecule has 0 fully saturated rings. The lowest BCUT2D eigenvalue weighted by Crippen LogP contribution is -2.24. The van der Waals surface area contributed by atoms with Crippen LogP contribution in [-0.2, 0) is 10.0 Å². The number of aryl methyl sites for hydroxylation is 1. The van der Waals surface area contributed by atoms with Gasteiger partial charge in [-0.2, -0.15) is 0 Å². The van der Waals surface area contributed by atoms with Crippen molar-refractivity contribution in [1.82, 2.24) is 4.72 Å². The van der Waals surface area contributed by atoms with E-state index in [9.17, 15) is 8.42 Å². The number of benzene rings is 1. The molecule has 0 saturated carbocycles. The van der Waals surface area contributed by atoms with Gasteiger partial charge in [-0.05, 0) is 25.5 Å². The largest absolute Gasteiger partial charge is 0.310 e. The molecule has 17 heavy (non-hydrogen) atoms. The van der Waals surface area contributed by atoms with E-state index in [1.54, 1.807) is 24.3 Å². The summed E-state index contributed by atoms with van der Waals surface area (Å²) in [5, 5.41) is 0. The molecule has 0 aliphatic rings. The van der Waals surface area contributed by atoms with Crippen molar-refractivity contribution < 1.29 is 8.42 Å². The Morgan fingerprint density at radius 1 is 1.41 bits per heavy atom. The summed E-state index contributed by atoms with van der Waals surface area (Å²) in [5.41, 5.74) is 6.53. The molecule has 94 valence electrons. The monoisotopic (exact) mass is 255 g/mol. The van der Waals surface area contributed by atoms with E-state index in [0.717, 1.165) is 11.9 Å². The van der Waals surface area contributed by atoms with Crippen LogP contribution < -0.4 is 10.5 Å². The SMILES string of the molecule is CCC(N)N=CNS(=O)(=O)c1ccc(C)cc1. The normalized spacial score (nSPS) is 13.8. The summed E-state index contributed by atoms with van der Waals surface area (Å²) in [6.45, 7) is 3.77. The molecule has 0 amide bonds. The smallest absolute Gasteiger partial charge is 0.262 e. The first kappa shape index (κ1) is 13.7. The van der Waals surface area contributed by atoms with Gasteiger partial charge in [-0.1, -0.05) is 24.6 Å². The Hall–Kier alpha value is -1.40. The van der Waals surface area contributed by atoms with E-state index in [2.05, 4.69) is 9.71 Å². The highest BCUT2D eigenvalue weighted by Crippen LogP contribution is 2.08. The van der Waals surface area contributed by atoms with Crippen LogP contribution in [0.25, 0.3) is 0 Å². The molecule has 1 unspecified atom stereocenters. The van der Waals surface area contributed by atoms with E-state index in [0.29, 0.717) is 6.42 Å². The third-order valence-corrected chi connectivity index (χ3v) is 3.53. The highest BCUT2D eigenvalue weighted by molar-refractivity contribution is 7.90. The Balaban J connectivity index is 2.76. The third-order valence-electron chi connectivity index (χ3n) is 2.22. The van der Waals surface area contributed by atoms with Crippen molar-refractivity contribution in [2.45, 2.75) is 31.3 Å². The molecular formula is C11H17N3O2S. The average molecular weight is 255 g/mol. The van der Waals surface area contributed by atoms with Gasteiger partial charge in [0.2, 0.25) is 0 Å². The summed E-state index contributed by atoms with van der Waals surface area (Å²) in [6, 6.07) is 6.57. The molecule has 0 radical (unpaired) electrons. The maximum atomic E-state index is 11.8. The first-order chi connectivity index (χ1) is 7.95. The average Bonchev–Trinajstić information content (AvgIpc) is 2.29. The molecule has 6 heteroatoms. The number of nitrogens with zero attached hydrogens (tertiary/aromatic N) is 1. The number of nitrogens with two attached hydrogens (primary N) is 1. The van der Waals surface area contributed by atoms with Crippen LogP contribution in [0.15, 0.2) is 34.2 Å². The lowest BCUT2D eigenvalue weighted by Gasteiger charge is -2.05. The fourth-order valence-electron chi connectivity index (χ4n) is 1.09. The summed E-state index contributed by atoms with van der Waals surface area (Å²) in [7, 11) is -3.54. The predicted molar refractivity (Wildman–Crippen MR) is 68.3 cm³/mol. The number of nitrogens with one attached hydrogen (secondary N) is 1. The highest BCUT2D eigenvalue weighted by Gasteiger charge is 2.11. The number of sulfonamides is 1. The van der Waals surface area contributed by atoms with Crippen LogP contribution in [0.1, 0.15) is 18.9 Å². The molecule has 3 N–H and O–H groups in total. The topological polar surface area (TPSA) is 84.5 Å². The molecule has 1 aromatic rings. The zero-order valence-corrected chi connectivity index (χ0v) is 10.7. The third kappa shape index (κ3) is 4.16. The van der Waals surface area contributed by atoms with Gasteiger partial charge in [-0.3, -0.25) is 9.71 Å². The van der Waals surface area contributed by atoms with Gasteiger partial charge in [0.05, 0.1) is 17.4 Å². The van der Waals surface area contributed by atoms with Gasteiger partial charge < -0.3 is 5.73 Å². The second kappa shape index (κ2) is 5.79. The van der Waals surface area contributed by atoms with Crippen LogP contribution in [0, 0.1) is 6.92 Å². The van der Waals surface area contributed by atoms with Crippen molar-refractivity contribution in [3.63, 3.8) is 0 Å². The summed E-state index contributed by atoms with van der Waals surface area (Å²) in [5.74, 6) is 0. The standard InChI is InChI=1S/C11H17N3O2S/c1-3-11(12)13-8-14-17(15,16)10-6-4-9(2)5-7-10/h4-8,11H,3,12H2,1-2H3,(H,13,14). The molecule has 0 heterocycles. The molecule has 0 spiro atoms. The Morgan fingerprint density at radius 3 is 2.53 bits per heavy atom. The van der Waals surface area contributed by atoms with Crippen LogP contribution >= 0.6 is 0 Å². The van der Waals surface area contributed by atoms with Crippen molar-refractivity contribution in [3.05, 3.63) is 29.8 Å². The van der Waals surface area contributed by atoms with Gasteiger partial charge in [0.25, 0.3) is 10.0 Å². The van der Waals surface area contributed by atoms with E-state index in [-0.39, 0.29) is 11.1 Å². The van der Waals surface area contributed by atoms with Crippen molar-refractivity contribution in [2.24, 2.45) is 10.7 Å². The van der Waals surface area contributed by atoms with E-state index in [1.807, 2.05) is 13.8 Å².